The fourth-order valence-corrected chi connectivity index (χ4v) is 6.63. The zero-order chi connectivity index (χ0) is 38.3. The van der Waals surface area contributed by atoms with Crippen LogP contribution in [0.3, 0.4) is 0 Å². The average molecular weight is 726 g/mol. The fraction of sp³-hybridized carbons (Fsp3) is 0.361. The third-order valence-electron chi connectivity index (χ3n) is 9.24. The quantitative estimate of drug-likeness (QED) is 0.177. The highest BCUT2D eigenvalue weighted by atomic mass is 16.5. The van der Waals surface area contributed by atoms with Gasteiger partial charge in [0, 0.05) is 32.7 Å². The molecule has 6 rings (SSSR count). The van der Waals surface area contributed by atoms with Gasteiger partial charge >= 0.3 is 0 Å². The molecule has 0 radical (unpaired) electrons. The van der Waals surface area contributed by atoms with Crippen molar-refractivity contribution in [3.8, 4) is 5.75 Å². The number of aryl methyl sites for hydroxylation is 6. The summed E-state index contributed by atoms with van der Waals surface area (Å²) in [6, 6.07) is 13.7. The SMILES string of the molecule is CCn1nc(C)cc1C(=O)N=c1n(C)c2ccccc2n1CC(O)C(O)Cn1c(=NC(=O)c2cc(C)nn2CC)n(C)c2cc(C(N)=O)cc(OC)c21. The van der Waals surface area contributed by atoms with Crippen molar-refractivity contribution in [2.24, 2.45) is 29.8 Å². The molecule has 17 nitrogen and oxygen atoms in total. The van der Waals surface area contributed by atoms with Crippen molar-refractivity contribution in [2.75, 3.05) is 7.11 Å². The van der Waals surface area contributed by atoms with Crippen molar-refractivity contribution in [2.45, 2.75) is 66.1 Å². The number of methoxy groups -OCH3 is 1. The summed E-state index contributed by atoms with van der Waals surface area (Å²) < 4.78 is 15.4. The molecule has 0 aliphatic rings. The molecule has 0 bridgehead atoms. The van der Waals surface area contributed by atoms with Gasteiger partial charge in [0.25, 0.3) is 11.8 Å². The van der Waals surface area contributed by atoms with Gasteiger partial charge in [0.05, 0.1) is 60.3 Å². The summed E-state index contributed by atoms with van der Waals surface area (Å²) in [5.74, 6) is -1.54. The van der Waals surface area contributed by atoms with E-state index in [2.05, 4.69) is 20.2 Å². The minimum Gasteiger partial charge on any atom is -0.494 e. The molecule has 2 atom stereocenters. The van der Waals surface area contributed by atoms with E-state index < -0.39 is 29.9 Å². The maximum atomic E-state index is 13.7. The van der Waals surface area contributed by atoms with Crippen molar-refractivity contribution in [3.63, 3.8) is 0 Å². The molecular formula is C36H43N11O6. The van der Waals surface area contributed by atoms with E-state index in [0.717, 1.165) is 5.52 Å². The van der Waals surface area contributed by atoms with E-state index in [0.29, 0.717) is 46.7 Å². The Hall–Kier alpha value is -6.07. The van der Waals surface area contributed by atoms with Crippen molar-refractivity contribution in [3.05, 3.63) is 88.1 Å². The number of nitrogens with zero attached hydrogens (tertiary/aromatic N) is 10. The zero-order valence-electron chi connectivity index (χ0n) is 30.7. The Morgan fingerprint density at radius 2 is 1.26 bits per heavy atom. The van der Waals surface area contributed by atoms with Gasteiger partial charge in [-0.25, -0.2) is 0 Å². The predicted molar refractivity (Wildman–Crippen MR) is 194 cm³/mol. The highest BCUT2D eigenvalue weighted by Crippen LogP contribution is 2.28. The van der Waals surface area contributed by atoms with Gasteiger partial charge < -0.3 is 39.0 Å². The molecule has 17 heteroatoms. The lowest BCUT2D eigenvalue weighted by Crippen LogP contribution is -2.40. The molecule has 4 N–H and O–H groups in total. The monoisotopic (exact) mass is 725 g/mol. The van der Waals surface area contributed by atoms with Gasteiger partial charge in [-0.15, -0.1) is 0 Å². The summed E-state index contributed by atoms with van der Waals surface area (Å²) in [6.45, 7) is 7.82. The van der Waals surface area contributed by atoms with Gasteiger partial charge in [0.1, 0.15) is 22.7 Å². The second-order valence-electron chi connectivity index (χ2n) is 12.8. The molecule has 2 unspecified atom stereocenters. The van der Waals surface area contributed by atoms with Crippen LogP contribution in [-0.4, -0.2) is 85.1 Å². The lowest BCUT2D eigenvalue weighted by atomic mass is 10.1. The first kappa shape index (κ1) is 36.7. The van der Waals surface area contributed by atoms with Gasteiger partial charge in [-0.3, -0.25) is 23.7 Å². The second kappa shape index (κ2) is 14.5. The number of aliphatic hydroxyl groups excluding tert-OH is 2. The molecule has 6 aromatic rings. The number of ether oxygens (including phenoxy) is 1. The Bertz CT molecular complexity index is 2540. The molecule has 0 spiro atoms. The molecule has 4 aromatic heterocycles. The van der Waals surface area contributed by atoms with Crippen molar-refractivity contribution in [1.29, 1.82) is 0 Å². The van der Waals surface area contributed by atoms with E-state index in [1.54, 1.807) is 73.8 Å². The lowest BCUT2D eigenvalue weighted by molar-refractivity contribution is -0.000192. The highest BCUT2D eigenvalue weighted by molar-refractivity contribution is 5.99. The Morgan fingerprint density at radius 1 is 0.774 bits per heavy atom. The van der Waals surface area contributed by atoms with E-state index in [-0.39, 0.29) is 41.3 Å². The number of hydrogen-bond acceptors (Lipinski definition) is 8. The van der Waals surface area contributed by atoms with Crippen LogP contribution in [0, 0.1) is 13.8 Å². The molecule has 0 saturated heterocycles. The number of primary amides is 1. The average Bonchev–Trinajstić information content (AvgIpc) is 3.86. The minimum absolute atomic E-state index is 0.111. The number of rotatable bonds is 11. The number of fused-ring (bicyclic) bond motifs is 2. The molecular weight excluding hydrogens is 682 g/mol. The zero-order valence-corrected chi connectivity index (χ0v) is 30.7. The molecule has 0 saturated carbocycles. The predicted octanol–water partition coefficient (Wildman–Crippen LogP) is 1.33. The summed E-state index contributed by atoms with van der Waals surface area (Å²) in [5.41, 5.74) is 10.3. The highest BCUT2D eigenvalue weighted by Gasteiger charge is 2.26. The van der Waals surface area contributed by atoms with E-state index in [1.807, 2.05) is 38.1 Å². The number of carbonyl (C=O) groups is 3. The first-order valence-corrected chi connectivity index (χ1v) is 17.1. The lowest BCUT2D eigenvalue weighted by Gasteiger charge is -2.20. The summed E-state index contributed by atoms with van der Waals surface area (Å²) >= 11 is 0. The van der Waals surface area contributed by atoms with Gasteiger partial charge in [0.15, 0.2) is 0 Å². The minimum atomic E-state index is -1.45. The van der Waals surface area contributed by atoms with Crippen molar-refractivity contribution in [1.82, 2.24) is 37.8 Å². The van der Waals surface area contributed by atoms with Gasteiger partial charge in [-0.2, -0.15) is 20.2 Å². The third kappa shape index (κ3) is 6.71. The van der Waals surface area contributed by atoms with Crippen molar-refractivity contribution < 1.29 is 29.3 Å². The first-order chi connectivity index (χ1) is 25.3. The number of amides is 3. The smallest absolute Gasteiger partial charge is 0.298 e. The van der Waals surface area contributed by atoms with E-state index in [1.165, 1.54) is 13.2 Å². The third-order valence-corrected chi connectivity index (χ3v) is 9.24. The van der Waals surface area contributed by atoms with Crippen LogP contribution in [0.25, 0.3) is 22.1 Å². The fourth-order valence-electron chi connectivity index (χ4n) is 6.63. The molecule has 2 aromatic carbocycles. The Balaban J connectivity index is 1.45. The Kier molecular flexibility index (Phi) is 10.1. The Morgan fingerprint density at radius 3 is 1.77 bits per heavy atom. The maximum absolute atomic E-state index is 13.7. The first-order valence-electron chi connectivity index (χ1n) is 17.1. The number of aromatic nitrogens is 8. The maximum Gasteiger partial charge on any atom is 0.298 e. The number of imidazole rings is 2. The number of carbonyl (C=O) groups excluding carboxylic acids is 3. The topological polar surface area (TPSA) is 207 Å². The molecule has 4 heterocycles. The number of para-hydroxylation sites is 2. The van der Waals surface area contributed by atoms with Crippen LogP contribution >= 0.6 is 0 Å². The van der Waals surface area contributed by atoms with Crippen LogP contribution in [0.2, 0.25) is 0 Å². The number of hydrogen-bond donors (Lipinski definition) is 3. The Labute approximate surface area is 303 Å². The molecule has 53 heavy (non-hydrogen) atoms. The molecule has 278 valence electrons. The summed E-state index contributed by atoms with van der Waals surface area (Å²) in [5, 5.41) is 32.1. The molecule has 0 aliphatic heterocycles. The van der Waals surface area contributed by atoms with Gasteiger partial charge in [0.2, 0.25) is 17.1 Å². The summed E-state index contributed by atoms with van der Waals surface area (Å²) in [7, 11) is 4.85. The van der Waals surface area contributed by atoms with Crippen LogP contribution in [0.5, 0.6) is 5.75 Å². The van der Waals surface area contributed by atoms with Crippen molar-refractivity contribution >= 4 is 39.8 Å². The van der Waals surface area contributed by atoms with Crippen LogP contribution < -0.4 is 21.7 Å². The van der Waals surface area contributed by atoms with E-state index in [9.17, 15) is 24.6 Å². The molecule has 0 aliphatic carbocycles. The summed E-state index contributed by atoms with van der Waals surface area (Å²) in [4.78, 5) is 48.4. The standard InChI is InChI=1S/C36H43N11O6/c1-8-46-26(14-20(3)40-46)33(51)38-35-42(5)23-12-10-11-13-24(23)44(35)18-28(48)29(49)19-45-31-25(16-22(32(37)50)17-30(31)53-7)43(6)36(45)39-34(52)27-15-21(4)41-47(27)9-2/h10-17,28-29,48-49H,8-9,18-19H2,1-7H3,(H2,37,50). The van der Waals surface area contributed by atoms with E-state index >= 15 is 0 Å². The largest absolute Gasteiger partial charge is 0.494 e. The normalized spacial score (nSPS) is 13.7. The summed E-state index contributed by atoms with van der Waals surface area (Å²) in [6.07, 6.45) is -2.86. The van der Waals surface area contributed by atoms with Crippen LogP contribution in [0.15, 0.2) is 58.5 Å². The van der Waals surface area contributed by atoms with E-state index in [4.69, 9.17) is 10.5 Å². The van der Waals surface area contributed by atoms with Crippen LogP contribution in [-0.2, 0) is 40.3 Å². The molecule has 0 fully saturated rings. The van der Waals surface area contributed by atoms with Crippen LogP contribution in [0.1, 0.15) is 56.6 Å². The number of nitrogens with two attached hydrogens (primary N) is 1. The number of benzene rings is 2. The second-order valence-corrected chi connectivity index (χ2v) is 12.8. The van der Waals surface area contributed by atoms with Gasteiger partial charge in [-0.1, -0.05) is 12.1 Å². The number of aliphatic hydroxyl groups is 2. The van der Waals surface area contributed by atoms with Crippen LogP contribution in [0.4, 0.5) is 0 Å². The van der Waals surface area contributed by atoms with Gasteiger partial charge in [-0.05, 0) is 64.1 Å². The molecule has 3 amide bonds.